The molecule has 20 nitrogen and oxygen atoms in total. The lowest BCUT2D eigenvalue weighted by molar-refractivity contribution is -0.172. The van der Waals surface area contributed by atoms with Gasteiger partial charge in [0.15, 0.2) is 17.2 Å². The summed E-state index contributed by atoms with van der Waals surface area (Å²) in [5.74, 6) is -4.88. The molecule has 3 atom stereocenters. The molecular formula is C54H58FN7O13. The summed E-state index contributed by atoms with van der Waals surface area (Å²) in [5, 5.41) is 22.8. The number of Topliss-reactive ketones (excluding diaryl/α,β-unsaturated/α-hetero) is 2. The van der Waals surface area contributed by atoms with Crippen molar-refractivity contribution in [3.8, 4) is 11.4 Å². The molecule has 4 aromatic rings. The van der Waals surface area contributed by atoms with Crippen LogP contribution in [0.15, 0.2) is 59.4 Å². The van der Waals surface area contributed by atoms with Crippen molar-refractivity contribution in [3.05, 3.63) is 110 Å². The van der Waals surface area contributed by atoms with Crippen LogP contribution in [0.3, 0.4) is 0 Å². The second kappa shape index (κ2) is 23.2. The number of aliphatic hydroxyl groups is 1. The molecule has 394 valence electrons. The monoisotopic (exact) mass is 1030 g/mol. The molecule has 6 amide bonds. The predicted molar refractivity (Wildman–Crippen MR) is 265 cm³/mol. The lowest BCUT2D eigenvalue weighted by Crippen LogP contribution is -2.44. The van der Waals surface area contributed by atoms with E-state index in [9.17, 15) is 53.1 Å². The molecule has 4 aliphatic rings. The highest BCUT2D eigenvalue weighted by atomic mass is 19.1. The van der Waals surface area contributed by atoms with Gasteiger partial charge in [-0.1, -0.05) is 43.7 Å². The molecule has 0 spiro atoms. The molecule has 0 saturated carbocycles. The van der Waals surface area contributed by atoms with Gasteiger partial charge in [-0.15, -0.1) is 0 Å². The Kier molecular flexibility index (Phi) is 16.5. The molecule has 0 fully saturated rings. The lowest BCUT2D eigenvalue weighted by atomic mass is 9.81. The van der Waals surface area contributed by atoms with Gasteiger partial charge >= 0.3 is 5.97 Å². The van der Waals surface area contributed by atoms with E-state index in [0.717, 1.165) is 16.0 Å². The number of unbranched alkanes of at least 4 members (excludes halogenated alkanes) is 2. The number of nitrogens with zero attached hydrogens (tertiary/aromatic N) is 3. The van der Waals surface area contributed by atoms with Crippen molar-refractivity contribution >= 4 is 63.9 Å². The molecule has 0 bridgehead atoms. The maximum Gasteiger partial charge on any atom is 0.343 e. The number of ether oxygens (including phenoxy) is 2. The number of fused-ring (bicyclic) bond motifs is 5. The molecule has 0 radical (unpaired) electrons. The summed E-state index contributed by atoms with van der Waals surface area (Å²) in [5.41, 5.74) is 1.98. The Balaban J connectivity index is 0.805. The number of imide groups is 1. The molecule has 75 heavy (non-hydrogen) atoms. The zero-order chi connectivity index (χ0) is 53.6. The SMILES string of the molecule is CC[C@@]1(O)C(=O)OCc2c1cc1n(c2=O)Cc2c-1nc1cc(F)c(C)c3c1c2[C@@H](NC(=O)COCNC(=O)CCC(=O)[C@@H](Cc1ccccc1)NC(=O)CCC(=O)CNC(=O)CCCCCN1C(=O)C=CC1=O)CC3. The minimum Gasteiger partial charge on any atom is -0.458 e. The number of ketones is 2. The topological polar surface area (TPSA) is 279 Å². The van der Waals surface area contributed by atoms with E-state index in [1.54, 1.807) is 50.2 Å². The number of esters is 1. The van der Waals surface area contributed by atoms with Crippen LogP contribution in [-0.2, 0) is 84.2 Å². The summed E-state index contributed by atoms with van der Waals surface area (Å²) < 4.78 is 27.6. The van der Waals surface area contributed by atoms with E-state index < -0.39 is 70.9 Å². The van der Waals surface area contributed by atoms with Crippen molar-refractivity contribution in [3.63, 3.8) is 0 Å². The number of carbonyl (C=O) groups excluding carboxylic acids is 9. The highest BCUT2D eigenvalue weighted by Gasteiger charge is 2.46. The van der Waals surface area contributed by atoms with Crippen molar-refractivity contribution in [1.82, 2.24) is 35.7 Å². The number of amides is 6. The maximum absolute atomic E-state index is 15.4. The number of hydrogen-bond donors (Lipinski definition) is 5. The van der Waals surface area contributed by atoms with Gasteiger partial charge in [0.05, 0.1) is 47.6 Å². The molecule has 5 heterocycles. The molecule has 21 heteroatoms. The smallest absolute Gasteiger partial charge is 0.343 e. The summed E-state index contributed by atoms with van der Waals surface area (Å²) in [6.45, 7) is 2.16. The minimum absolute atomic E-state index is 0.0455. The van der Waals surface area contributed by atoms with E-state index in [2.05, 4.69) is 21.3 Å². The largest absolute Gasteiger partial charge is 0.458 e. The zero-order valence-corrected chi connectivity index (χ0v) is 41.6. The Labute approximate surface area is 429 Å². The average Bonchev–Trinajstić information content (AvgIpc) is 3.98. The predicted octanol–water partition coefficient (Wildman–Crippen LogP) is 2.75. The van der Waals surface area contributed by atoms with Gasteiger partial charge in [-0.3, -0.25) is 48.1 Å². The van der Waals surface area contributed by atoms with Gasteiger partial charge in [-0.2, -0.15) is 0 Å². The first-order valence-corrected chi connectivity index (χ1v) is 25.1. The fourth-order valence-corrected chi connectivity index (χ4v) is 10.1. The van der Waals surface area contributed by atoms with Crippen molar-refractivity contribution < 1.29 is 62.1 Å². The zero-order valence-electron chi connectivity index (χ0n) is 41.6. The number of nitrogens with one attached hydrogen (secondary N) is 4. The highest BCUT2D eigenvalue weighted by Crippen LogP contribution is 2.46. The number of halogens is 1. The third kappa shape index (κ3) is 11.8. The van der Waals surface area contributed by atoms with E-state index in [1.165, 1.54) is 22.8 Å². The molecular weight excluding hydrogens is 974 g/mol. The van der Waals surface area contributed by atoms with Gasteiger partial charge in [0.25, 0.3) is 17.4 Å². The number of cyclic esters (lactones) is 1. The van der Waals surface area contributed by atoms with E-state index in [-0.39, 0.29) is 107 Å². The van der Waals surface area contributed by atoms with E-state index >= 15 is 4.39 Å². The van der Waals surface area contributed by atoms with Gasteiger partial charge in [0.1, 0.15) is 25.8 Å². The molecule has 5 N–H and O–H groups in total. The van der Waals surface area contributed by atoms with Crippen LogP contribution in [0, 0.1) is 12.7 Å². The van der Waals surface area contributed by atoms with Crippen molar-refractivity contribution in [2.75, 3.05) is 26.4 Å². The third-order valence-electron chi connectivity index (χ3n) is 14.2. The normalized spacial score (nSPS) is 17.5. The fourth-order valence-electron chi connectivity index (χ4n) is 10.1. The standard InChI is InChI=1S/C54H58FN7O13/c1-3-54(73)36-23-41-51-34(26-62(41)52(71)35(36)27-75-53(54)72)50-38(15-14-33-30(2)37(55)24-40(60-51)49(33)50)58-46(68)28-74-29-57-44(66)18-16-42(64)39(22-31-10-6-4-7-11-31)59-45(67)17-13-32(63)25-56-43(65)12-8-5-9-21-61-47(69)19-20-48(61)70/h4,6-7,10-11,19-20,23-24,38-39,73H,3,5,8-9,12-18,21-22,25-29H2,1-2H3,(H,56,65)(H,57,66)(H,58,68)(H,59,67)/t38-,39+,54-/m0/s1. The number of benzene rings is 2. The molecule has 8 rings (SSSR count). The summed E-state index contributed by atoms with van der Waals surface area (Å²) in [7, 11) is 0. The number of rotatable bonds is 24. The van der Waals surface area contributed by atoms with Crippen LogP contribution in [0.4, 0.5) is 4.39 Å². The van der Waals surface area contributed by atoms with Crippen LogP contribution >= 0.6 is 0 Å². The quantitative estimate of drug-likeness (QED) is 0.0257. The average molecular weight is 1030 g/mol. The summed E-state index contributed by atoms with van der Waals surface area (Å²) >= 11 is 0. The molecule has 1 aliphatic carbocycles. The Morgan fingerprint density at radius 2 is 1.61 bits per heavy atom. The van der Waals surface area contributed by atoms with E-state index in [4.69, 9.17) is 14.5 Å². The number of pyridine rings is 2. The van der Waals surface area contributed by atoms with Crippen molar-refractivity contribution in [1.29, 1.82) is 0 Å². The van der Waals surface area contributed by atoms with Crippen molar-refractivity contribution in [2.24, 2.45) is 0 Å². The highest BCUT2D eigenvalue weighted by molar-refractivity contribution is 6.12. The maximum atomic E-state index is 15.4. The van der Waals surface area contributed by atoms with Crippen LogP contribution in [0.2, 0.25) is 0 Å². The second-order valence-electron chi connectivity index (χ2n) is 19.1. The van der Waals surface area contributed by atoms with Gasteiger partial charge in [-0.25, -0.2) is 14.2 Å². The Morgan fingerprint density at radius 1 is 0.880 bits per heavy atom. The van der Waals surface area contributed by atoms with Crippen LogP contribution < -0.4 is 26.8 Å². The van der Waals surface area contributed by atoms with Crippen LogP contribution in [-0.4, -0.2) is 105 Å². The first kappa shape index (κ1) is 53.5. The van der Waals surface area contributed by atoms with E-state index in [1.807, 2.05) is 0 Å². The lowest BCUT2D eigenvalue weighted by Gasteiger charge is -2.31. The van der Waals surface area contributed by atoms with Crippen LogP contribution in [0.25, 0.3) is 22.3 Å². The number of carbonyl (C=O) groups is 9. The molecule has 2 aromatic heterocycles. The summed E-state index contributed by atoms with van der Waals surface area (Å²) in [4.78, 5) is 134. The van der Waals surface area contributed by atoms with Crippen molar-refractivity contribution in [2.45, 2.75) is 122 Å². The summed E-state index contributed by atoms with van der Waals surface area (Å²) in [6, 6.07) is 10.2. The Morgan fingerprint density at radius 3 is 2.36 bits per heavy atom. The van der Waals surface area contributed by atoms with Gasteiger partial charge in [0.2, 0.25) is 23.6 Å². The number of aryl methyl sites for hydroxylation is 1. The fraction of sp³-hybridized carbons (Fsp3) is 0.426. The minimum atomic E-state index is -2.05. The van der Waals surface area contributed by atoms with Crippen LogP contribution in [0.5, 0.6) is 0 Å². The first-order valence-electron chi connectivity index (χ1n) is 25.1. The first-order chi connectivity index (χ1) is 36.0. The van der Waals surface area contributed by atoms with Crippen LogP contribution in [0.1, 0.15) is 116 Å². The second-order valence-corrected chi connectivity index (χ2v) is 19.1. The Bertz CT molecular complexity index is 3080. The molecule has 0 unspecified atom stereocenters. The number of hydrogen-bond acceptors (Lipinski definition) is 14. The van der Waals surface area contributed by atoms with Gasteiger partial charge < -0.3 is 40.4 Å². The van der Waals surface area contributed by atoms with E-state index in [0.29, 0.717) is 71.1 Å². The molecule has 0 saturated heterocycles. The molecule has 3 aliphatic heterocycles. The van der Waals surface area contributed by atoms with Gasteiger partial charge in [0, 0.05) is 73.4 Å². The Hall–Kier alpha value is -7.78. The van der Waals surface area contributed by atoms with Gasteiger partial charge in [-0.05, 0) is 73.8 Å². The summed E-state index contributed by atoms with van der Waals surface area (Å²) in [6.07, 6.45) is 4.11. The molecule has 2 aromatic carbocycles. The number of aromatic nitrogens is 2. The third-order valence-corrected chi connectivity index (χ3v) is 14.2.